The Balaban J connectivity index is 1.29. The fourth-order valence-corrected chi connectivity index (χ4v) is 6.00. The lowest BCUT2D eigenvalue weighted by molar-refractivity contribution is 0.102. The van der Waals surface area contributed by atoms with Crippen LogP contribution in [0.3, 0.4) is 0 Å². The highest BCUT2D eigenvalue weighted by Crippen LogP contribution is 2.55. The molecule has 0 atom stereocenters. The number of aryl methyl sites for hydroxylation is 1. The van der Waals surface area contributed by atoms with Crippen LogP contribution in [0.15, 0.2) is 30.5 Å². The molecule has 2 saturated carbocycles. The lowest BCUT2D eigenvalue weighted by Gasteiger charge is -2.25. The molecule has 2 bridgehead atoms. The van der Waals surface area contributed by atoms with E-state index in [9.17, 15) is 9.18 Å². The standard InChI is InChI=1S/C25H27FN4O3S/c1-15-12-17(21-19(26)4-3-5-20(21)32-2)18(14-27-15)22(31)28-23-29-30-24(34-23)33-11-10-25-8-6-16(13-25)7-9-25/h3-5,12,14,16H,6-11,13H2,1-2H3,(H,28,29,31). The van der Waals surface area contributed by atoms with Crippen LogP contribution in [0.2, 0.25) is 0 Å². The molecular formula is C25H27FN4O3S. The predicted octanol–water partition coefficient (Wildman–Crippen LogP) is 5.66. The van der Waals surface area contributed by atoms with Crippen molar-refractivity contribution in [1.29, 1.82) is 0 Å². The smallest absolute Gasteiger partial charge is 0.295 e. The second-order valence-corrected chi connectivity index (χ2v) is 10.2. The van der Waals surface area contributed by atoms with Gasteiger partial charge in [0, 0.05) is 17.5 Å². The van der Waals surface area contributed by atoms with Crippen molar-refractivity contribution >= 4 is 22.4 Å². The Bertz CT molecular complexity index is 1210. The predicted molar refractivity (Wildman–Crippen MR) is 128 cm³/mol. The molecule has 2 fully saturated rings. The molecule has 1 aromatic carbocycles. The number of fused-ring (bicyclic) bond motifs is 2. The molecule has 3 aromatic rings. The number of nitrogens with one attached hydrogen (secondary N) is 1. The number of nitrogens with zero attached hydrogens (tertiary/aromatic N) is 3. The fourth-order valence-electron chi connectivity index (χ4n) is 5.38. The molecule has 9 heteroatoms. The summed E-state index contributed by atoms with van der Waals surface area (Å²) in [5.41, 5.74) is 1.92. The number of rotatable bonds is 8. The third-order valence-corrected chi connectivity index (χ3v) is 7.87. The lowest BCUT2D eigenvalue weighted by Crippen LogP contribution is -2.17. The molecule has 2 heterocycles. The Morgan fingerprint density at radius 2 is 2.12 bits per heavy atom. The summed E-state index contributed by atoms with van der Waals surface area (Å²) in [5.74, 6) is 0.300. The zero-order chi connectivity index (χ0) is 23.7. The molecule has 1 amide bonds. The van der Waals surface area contributed by atoms with Gasteiger partial charge in [-0.1, -0.05) is 11.2 Å². The summed E-state index contributed by atoms with van der Waals surface area (Å²) in [6.07, 6.45) is 9.10. The minimum Gasteiger partial charge on any atom is -0.496 e. The second-order valence-electron chi connectivity index (χ2n) is 9.26. The molecule has 1 N–H and O–H groups in total. The van der Waals surface area contributed by atoms with E-state index in [1.54, 1.807) is 25.1 Å². The monoisotopic (exact) mass is 482 g/mol. The van der Waals surface area contributed by atoms with E-state index in [1.165, 1.54) is 62.8 Å². The summed E-state index contributed by atoms with van der Waals surface area (Å²) in [5, 5.41) is 11.6. The number of hydrogen-bond donors (Lipinski definition) is 1. The Kier molecular flexibility index (Phi) is 6.20. The van der Waals surface area contributed by atoms with Gasteiger partial charge in [-0.25, -0.2) is 4.39 Å². The normalized spacial score (nSPS) is 21.0. The average Bonchev–Trinajstić information content (AvgIpc) is 3.55. The molecule has 178 valence electrons. The minimum absolute atomic E-state index is 0.211. The summed E-state index contributed by atoms with van der Waals surface area (Å²) in [6.45, 7) is 2.39. The van der Waals surface area contributed by atoms with Crippen LogP contribution in [-0.4, -0.2) is 34.8 Å². The van der Waals surface area contributed by atoms with Gasteiger partial charge in [0.1, 0.15) is 11.6 Å². The summed E-state index contributed by atoms with van der Waals surface area (Å²) >= 11 is 1.18. The highest BCUT2D eigenvalue weighted by atomic mass is 32.1. The summed E-state index contributed by atoms with van der Waals surface area (Å²) in [7, 11) is 1.46. The van der Waals surface area contributed by atoms with Crippen LogP contribution in [0.5, 0.6) is 10.9 Å². The molecule has 0 saturated heterocycles. The van der Waals surface area contributed by atoms with Crippen LogP contribution >= 0.6 is 11.3 Å². The molecule has 2 aromatic heterocycles. The van der Waals surface area contributed by atoms with Gasteiger partial charge < -0.3 is 9.47 Å². The van der Waals surface area contributed by atoms with Crippen LogP contribution in [0.4, 0.5) is 9.52 Å². The van der Waals surface area contributed by atoms with Crippen molar-refractivity contribution in [3.63, 3.8) is 0 Å². The van der Waals surface area contributed by atoms with Crippen molar-refractivity contribution in [1.82, 2.24) is 15.2 Å². The molecular weight excluding hydrogens is 455 g/mol. The van der Waals surface area contributed by atoms with Gasteiger partial charge in [-0.3, -0.25) is 15.1 Å². The number of anilines is 1. The number of hydrogen-bond acceptors (Lipinski definition) is 7. The quantitative estimate of drug-likeness (QED) is 0.446. The molecule has 7 nitrogen and oxygen atoms in total. The van der Waals surface area contributed by atoms with Crippen molar-refractivity contribution in [2.75, 3.05) is 19.0 Å². The number of pyridine rings is 1. The van der Waals surface area contributed by atoms with Gasteiger partial charge >= 0.3 is 0 Å². The molecule has 0 spiro atoms. The first-order chi connectivity index (χ1) is 16.5. The van der Waals surface area contributed by atoms with Gasteiger partial charge in [0.05, 0.1) is 24.8 Å². The Morgan fingerprint density at radius 1 is 1.29 bits per heavy atom. The van der Waals surface area contributed by atoms with E-state index >= 15 is 0 Å². The van der Waals surface area contributed by atoms with Gasteiger partial charge in [-0.15, -0.1) is 5.10 Å². The van der Waals surface area contributed by atoms with Crippen molar-refractivity contribution in [3.05, 3.63) is 47.5 Å². The van der Waals surface area contributed by atoms with E-state index in [0.29, 0.717) is 39.4 Å². The van der Waals surface area contributed by atoms with Crippen LogP contribution in [0.25, 0.3) is 11.1 Å². The number of carbonyl (C=O) groups is 1. The van der Waals surface area contributed by atoms with Gasteiger partial charge in [-0.2, -0.15) is 0 Å². The third-order valence-electron chi connectivity index (χ3n) is 7.12. The molecule has 0 radical (unpaired) electrons. The maximum absolute atomic E-state index is 14.7. The Morgan fingerprint density at radius 3 is 2.85 bits per heavy atom. The molecule has 5 rings (SSSR count). The zero-order valence-corrected chi connectivity index (χ0v) is 20.1. The minimum atomic E-state index is -0.485. The molecule has 2 aliphatic rings. The molecule has 2 aliphatic carbocycles. The van der Waals surface area contributed by atoms with Gasteiger partial charge in [0.2, 0.25) is 5.13 Å². The van der Waals surface area contributed by atoms with E-state index in [-0.39, 0.29) is 11.1 Å². The topological polar surface area (TPSA) is 86.2 Å². The number of aromatic nitrogens is 3. The maximum atomic E-state index is 14.7. The highest BCUT2D eigenvalue weighted by molar-refractivity contribution is 7.17. The van der Waals surface area contributed by atoms with Crippen molar-refractivity contribution in [2.24, 2.45) is 11.3 Å². The Hall–Kier alpha value is -3.07. The first-order valence-corrected chi connectivity index (χ1v) is 12.4. The van der Waals surface area contributed by atoms with Crippen LogP contribution in [0.1, 0.15) is 54.6 Å². The highest BCUT2D eigenvalue weighted by Gasteiger charge is 2.44. The van der Waals surface area contributed by atoms with E-state index in [4.69, 9.17) is 9.47 Å². The zero-order valence-electron chi connectivity index (χ0n) is 19.3. The number of amides is 1. The van der Waals surface area contributed by atoms with E-state index in [0.717, 1.165) is 12.3 Å². The van der Waals surface area contributed by atoms with E-state index < -0.39 is 11.7 Å². The van der Waals surface area contributed by atoms with Gasteiger partial charge in [-0.05, 0) is 86.3 Å². The summed E-state index contributed by atoms with van der Waals surface area (Å²) in [4.78, 5) is 17.3. The SMILES string of the molecule is COc1cccc(F)c1-c1cc(C)ncc1C(=O)Nc1nnc(OCCC23CCC(CC2)C3)s1. The first kappa shape index (κ1) is 22.7. The molecule has 0 unspecified atom stereocenters. The number of benzene rings is 1. The molecule has 34 heavy (non-hydrogen) atoms. The summed E-state index contributed by atoms with van der Waals surface area (Å²) in [6, 6.07) is 6.22. The lowest BCUT2D eigenvalue weighted by atomic mass is 9.81. The van der Waals surface area contributed by atoms with Crippen LogP contribution < -0.4 is 14.8 Å². The molecule has 0 aliphatic heterocycles. The number of methoxy groups -OCH3 is 1. The van der Waals surface area contributed by atoms with Crippen LogP contribution in [0, 0.1) is 24.1 Å². The van der Waals surface area contributed by atoms with Crippen molar-refractivity contribution in [3.8, 4) is 22.1 Å². The Labute approximate surface area is 201 Å². The second kappa shape index (κ2) is 9.29. The number of halogens is 1. The van der Waals surface area contributed by atoms with Gasteiger partial charge in [0.15, 0.2) is 0 Å². The first-order valence-electron chi connectivity index (χ1n) is 11.5. The summed E-state index contributed by atoms with van der Waals surface area (Å²) < 4.78 is 25.9. The maximum Gasteiger partial charge on any atom is 0.295 e. The average molecular weight is 483 g/mol. The van der Waals surface area contributed by atoms with Gasteiger partial charge in [0.25, 0.3) is 11.1 Å². The van der Waals surface area contributed by atoms with E-state index in [1.807, 2.05) is 0 Å². The number of carbonyl (C=O) groups excluding carboxylic acids is 1. The fraction of sp³-hybridized carbons (Fsp3) is 0.440. The van der Waals surface area contributed by atoms with E-state index in [2.05, 4.69) is 20.5 Å². The van der Waals surface area contributed by atoms with Crippen molar-refractivity contribution < 1.29 is 18.7 Å². The number of ether oxygens (including phenoxy) is 2. The van der Waals surface area contributed by atoms with Crippen LogP contribution in [-0.2, 0) is 0 Å². The van der Waals surface area contributed by atoms with Crippen molar-refractivity contribution in [2.45, 2.75) is 45.4 Å². The third kappa shape index (κ3) is 4.49. The largest absolute Gasteiger partial charge is 0.496 e.